The number of nitrogens with one attached hydrogen (secondary N) is 1. The lowest BCUT2D eigenvalue weighted by molar-refractivity contribution is 0.209. The normalized spacial score (nSPS) is 17.2. The average molecular weight is 307 g/mol. The fourth-order valence-electron chi connectivity index (χ4n) is 3.02. The second-order valence-corrected chi connectivity index (χ2v) is 5.57. The van der Waals surface area contributed by atoms with Gasteiger partial charge in [0.1, 0.15) is 18.2 Å². The maximum absolute atomic E-state index is 13.7. The fourth-order valence-corrected chi connectivity index (χ4v) is 3.02. The SMILES string of the molecule is CNCCc1cnc(C)n1[C@H]1COc2c(F)cc(F)cc2C1. The minimum absolute atomic E-state index is 0.00283. The largest absolute Gasteiger partial charge is 0.488 e. The van der Waals surface area contributed by atoms with E-state index in [9.17, 15) is 8.78 Å². The van der Waals surface area contributed by atoms with E-state index in [1.54, 1.807) is 0 Å². The molecule has 0 unspecified atom stereocenters. The summed E-state index contributed by atoms with van der Waals surface area (Å²) in [6.07, 6.45) is 3.24. The Balaban J connectivity index is 1.90. The number of hydrogen-bond acceptors (Lipinski definition) is 3. The van der Waals surface area contributed by atoms with Crippen LogP contribution in [0.25, 0.3) is 0 Å². The summed E-state index contributed by atoms with van der Waals surface area (Å²) in [6.45, 7) is 3.14. The van der Waals surface area contributed by atoms with Crippen molar-refractivity contribution < 1.29 is 13.5 Å². The second kappa shape index (κ2) is 6.04. The molecule has 1 N–H and O–H groups in total. The van der Waals surface area contributed by atoms with Crippen molar-refractivity contribution in [1.82, 2.24) is 14.9 Å². The molecule has 0 aliphatic carbocycles. The molecule has 0 fully saturated rings. The molecule has 1 aliphatic heterocycles. The van der Waals surface area contributed by atoms with Gasteiger partial charge in [-0.1, -0.05) is 0 Å². The van der Waals surface area contributed by atoms with Gasteiger partial charge < -0.3 is 14.6 Å². The molecular weight excluding hydrogens is 288 g/mol. The highest BCUT2D eigenvalue weighted by Gasteiger charge is 2.26. The molecule has 0 saturated carbocycles. The summed E-state index contributed by atoms with van der Waals surface area (Å²) in [4.78, 5) is 4.37. The van der Waals surface area contributed by atoms with Gasteiger partial charge in [-0.2, -0.15) is 0 Å². The van der Waals surface area contributed by atoms with E-state index < -0.39 is 11.6 Å². The van der Waals surface area contributed by atoms with Crippen LogP contribution in [0.5, 0.6) is 5.75 Å². The lowest BCUT2D eigenvalue weighted by Crippen LogP contribution is -2.28. The van der Waals surface area contributed by atoms with Gasteiger partial charge >= 0.3 is 0 Å². The maximum atomic E-state index is 13.7. The van der Waals surface area contributed by atoms with E-state index in [1.807, 2.05) is 20.2 Å². The number of rotatable bonds is 4. The van der Waals surface area contributed by atoms with Crippen molar-refractivity contribution in [3.8, 4) is 5.75 Å². The predicted molar refractivity (Wildman–Crippen MR) is 79.2 cm³/mol. The van der Waals surface area contributed by atoms with Crippen LogP contribution in [-0.2, 0) is 12.8 Å². The Kier molecular flexibility index (Phi) is 4.11. The molecule has 3 rings (SSSR count). The summed E-state index contributed by atoms with van der Waals surface area (Å²) in [5, 5.41) is 3.11. The molecule has 1 aromatic carbocycles. The molecule has 0 amide bonds. The van der Waals surface area contributed by atoms with Crippen molar-refractivity contribution in [3.05, 3.63) is 47.0 Å². The van der Waals surface area contributed by atoms with Crippen LogP contribution in [0, 0.1) is 18.6 Å². The zero-order valence-electron chi connectivity index (χ0n) is 12.7. The molecule has 6 heteroatoms. The average Bonchev–Trinajstić information content (AvgIpc) is 2.85. The van der Waals surface area contributed by atoms with Crippen LogP contribution in [0.2, 0.25) is 0 Å². The molecule has 1 aliphatic rings. The topological polar surface area (TPSA) is 39.1 Å². The van der Waals surface area contributed by atoms with E-state index >= 15 is 0 Å². The monoisotopic (exact) mass is 307 g/mol. The Morgan fingerprint density at radius 2 is 2.23 bits per heavy atom. The van der Waals surface area contributed by atoms with E-state index in [4.69, 9.17) is 4.74 Å². The predicted octanol–water partition coefficient (Wildman–Crippen LogP) is 2.41. The number of aryl methyl sites for hydroxylation is 1. The minimum Gasteiger partial charge on any atom is -0.488 e. The van der Waals surface area contributed by atoms with E-state index in [1.165, 1.54) is 6.07 Å². The number of fused-ring (bicyclic) bond motifs is 1. The molecule has 2 aromatic rings. The first kappa shape index (κ1) is 15.0. The Hall–Kier alpha value is -1.95. The number of aromatic nitrogens is 2. The van der Waals surface area contributed by atoms with Crippen molar-refractivity contribution in [1.29, 1.82) is 0 Å². The Bertz CT molecular complexity index is 684. The lowest BCUT2D eigenvalue weighted by Gasteiger charge is -2.28. The maximum Gasteiger partial charge on any atom is 0.168 e. The standard InChI is InChI=1S/C16H19F2N3O/c1-10-20-8-13(3-4-19-2)21(10)14-6-11-5-12(17)7-15(18)16(11)22-9-14/h5,7-8,14,19H,3-4,6,9H2,1-2H3/t14-/m1/s1. The summed E-state index contributed by atoms with van der Waals surface area (Å²) in [5.41, 5.74) is 1.67. The van der Waals surface area contributed by atoms with Crippen molar-refractivity contribution in [3.63, 3.8) is 0 Å². The van der Waals surface area contributed by atoms with Crippen LogP contribution in [0.4, 0.5) is 8.78 Å². The van der Waals surface area contributed by atoms with Crippen molar-refractivity contribution in [2.45, 2.75) is 25.8 Å². The van der Waals surface area contributed by atoms with Gasteiger partial charge in [0.15, 0.2) is 11.6 Å². The quantitative estimate of drug-likeness (QED) is 0.943. The molecule has 22 heavy (non-hydrogen) atoms. The van der Waals surface area contributed by atoms with E-state index in [0.717, 1.165) is 30.6 Å². The van der Waals surface area contributed by atoms with Crippen molar-refractivity contribution in [2.24, 2.45) is 0 Å². The number of hydrogen-bond donors (Lipinski definition) is 1. The first-order chi connectivity index (χ1) is 10.6. The van der Waals surface area contributed by atoms with Crippen LogP contribution < -0.4 is 10.1 Å². The number of ether oxygens (including phenoxy) is 1. The fraction of sp³-hybridized carbons (Fsp3) is 0.438. The number of likely N-dealkylation sites (N-methyl/N-ethyl adjacent to an activating group) is 1. The zero-order chi connectivity index (χ0) is 15.7. The van der Waals surface area contributed by atoms with Crippen LogP contribution in [0.3, 0.4) is 0 Å². The van der Waals surface area contributed by atoms with Crippen LogP contribution in [0.15, 0.2) is 18.3 Å². The van der Waals surface area contributed by atoms with E-state index in [2.05, 4.69) is 14.9 Å². The summed E-state index contributed by atoms with van der Waals surface area (Å²) < 4.78 is 34.8. The summed E-state index contributed by atoms with van der Waals surface area (Å²) in [6, 6.07) is 2.22. The third-order valence-electron chi connectivity index (χ3n) is 4.02. The van der Waals surface area contributed by atoms with Gasteiger partial charge in [0.05, 0.1) is 6.04 Å². The van der Waals surface area contributed by atoms with Gasteiger partial charge in [-0.3, -0.25) is 0 Å². The Morgan fingerprint density at radius 3 is 3.00 bits per heavy atom. The van der Waals surface area contributed by atoms with Gasteiger partial charge in [0.25, 0.3) is 0 Å². The third kappa shape index (κ3) is 2.70. The Morgan fingerprint density at radius 1 is 1.41 bits per heavy atom. The highest BCUT2D eigenvalue weighted by molar-refractivity contribution is 5.38. The summed E-state index contributed by atoms with van der Waals surface area (Å²) in [5.74, 6) is -0.142. The molecule has 1 atom stereocenters. The van der Waals surface area contributed by atoms with Gasteiger partial charge in [-0.05, 0) is 20.0 Å². The van der Waals surface area contributed by atoms with Crippen LogP contribution in [-0.4, -0.2) is 29.8 Å². The first-order valence-electron chi connectivity index (χ1n) is 7.38. The third-order valence-corrected chi connectivity index (χ3v) is 4.02. The van der Waals surface area contributed by atoms with E-state index in [-0.39, 0.29) is 11.8 Å². The number of benzene rings is 1. The second-order valence-electron chi connectivity index (χ2n) is 5.57. The molecule has 2 heterocycles. The molecule has 1 aromatic heterocycles. The van der Waals surface area contributed by atoms with Gasteiger partial charge in [-0.25, -0.2) is 13.8 Å². The van der Waals surface area contributed by atoms with Crippen molar-refractivity contribution >= 4 is 0 Å². The molecule has 0 radical (unpaired) electrons. The zero-order valence-corrected chi connectivity index (χ0v) is 12.7. The van der Waals surface area contributed by atoms with Crippen LogP contribution >= 0.6 is 0 Å². The van der Waals surface area contributed by atoms with Gasteiger partial charge in [0.2, 0.25) is 0 Å². The highest BCUT2D eigenvalue weighted by Crippen LogP contribution is 2.33. The highest BCUT2D eigenvalue weighted by atomic mass is 19.1. The molecule has 0 saturated heterocycles. The molecule has 4 nitrogen and oxygen atoms in total. The van der Waals surface area contributed by atoms with Gasteiger partial charge in [-0.15, -0.1) is 0 Å². The molecule has 0 bridgehead atoms. The molecule has 0 spiro atoms. The minimum atomic E-state index is -0.633. The summed E-state index contributed by atoms with van der Waals surface area (Å²) in [7, 11) is 1.90. The number of imidazole rings is 1. The van der Waals surface area contributed by atoms with Crippen LogP contribution in [0.1, 0.15) is 23.1 Å². The van der Waals surface area contributed by atoms with Gasteiger partial charge in [0, 0.05) is 42.9 Å². The van der Waals surface area contributed by atoms with Crippen molar-refractivity contribution in [2.75, 3.05) is 20.2 Å². The van der Waals surface area contributed by atoms with E-state index in [0.29, 0.717) is 18.6 Å². The summed E-state index contributed by atoms with van der Waals surface area (Å²) >= 11 is 0. The lowest BCUT2D eigenvalue weighted by atomic mass is 10.0. The smallest absolute Gasteiger partial charge is 0.168 e. The molecule has 118 valence electrons. The number of nitrogens with zero attached hydrogens (tertiary/aromatic N) is 2. The Labute approximate surface area is 128 Å². The first-order valence-corrected chi connectivity index (χ1v) is 7.38. The number of halogens is 2. The molecular formula is C16H19F2N3O.